The molecule has 24 heavy (non-hydrogen) atoms. The van der Waals surface area contributed by atoms with Gasteiger partial charge in [-0.15, -0.1) is 10.2 Å². The van der Waals surface area contributed by atoms with Crippen LogP contribution in [-0.2, 0) is 9.59 Å². The number of hydrogen-bond donors (Lipinski definition) is 1. The number of amides is 2. The van der Waals surface area contributed by atoms with Crippen molar-refractivity contribution in [3.05, 3.63) is 0 Å². The van der Waals surface area contributed by atoms with E-state index < -0.39 is 0 Å². The number of piperazine rings is 1. The minimum absolute atomic E-state index is 0.0182. The highest BCUT2D eigenvalue weighted by Gasteiger charge is 2.26. The van der Waals surface area contributed by atoms with Crippen LogP contribution in [0.5, 0.6) is 0 Å². The van der Waals surface area contributed by atoms with Crippen LogP contribution in [0, 0.1) is 5.41 Å². The molecule has 9 heteroatoms. The minimum atomic E-state index is -0.0253. The molecule has 0 aromatic carbocycles. The standard InChI is InChI=1S/C15H25N5O2S2/c1-15(2,3)9-12(22)19-5-7-20(8-6-19)13-17-18-14(24-13)23-10-11(21)16-4/h5-10H2,1-4H3,(H,16,21). The van der Waals surface area contributed by atoms with E-state index in [1.54, 1.807) is 7.05 Å². The molecule has 1 aromatic rings. The van der Waals surface area contributed by atoms with Gasteiger partial charge in [0.1, 0.15) is 0 Å². The lowest BCUT2D eigenvalue weighted by molar-refractivity contribution is -0.133. The number of carbonyl (C=O) groups is 2. The van der Waals surface area contributed by atoms with Gasteiger partial charge in [-0.3, -0.25) is 9.59 Å². The summed E-state index contributed by atoms with van der Waals surface area (Å²) in [5.74, 6) is 0.546. The summed E-state index contributed by atoms with van der Waals surface area (Å²) in [5.41, 5.74) is 0.0182. The molecule has 2 heterocycles. The zero-order valence-electron chi connectivity index (χ0n) is 14.7. The number of rotatable bonds is 5. The first kappa shape index (κ1) is 19.0. The van der Waals surface area contributed by atoms with Crippen molar-refractivity contribution in [2.45, 2.75) is 31.5 Å². The Labute approximate surface area is 151 Å². The zero-order chi connectivity index (χ0) is 17.7. The summed E-state index contributed by atoms with van der Waals surface area (Å²) in [5, 5.41) is 11.8. The van der Waals surface area contributed by atoms with Crippen LogP contribution in [0.1, 0.15) is 27.2 Å². The van der Waals surface area contributed by atoms with Gasteiger partial charge < -0.3 is 15.1 Å². The lowest BCUT2D eigenvalue weighted by Crippen LogP contribution is -2.49. The van der Waals surface area contributed by atoms with Crippen LogP contribution < -0.4 is 10.2 Å². The second-order valence-corrected chi connectivity index (χ2v) is 9.10. The third kappa shape index (κ3) is 5.62. The first-order chi connectivity index (χ1) is 11.3. The average molecular weight is 372 g/mol. The second kappa shape index (κ2) is 8.15. The molecule has 0 spiro atoms. The summed E-state index contributed by atoms with van der Waals surface area (Å²) in [6.45, 7) is 9.22. The number of nitrogens with one attached hydrogen (secondary N) is 1. The van der Waals surface area contributed by atoms with Gasteiger partial charge in [-0.1, -0.05) is 43.9 Å². The van der Waals surface area contributed by atoms with Crippen molar-refractivity contribution in [3.8, 4) is 0 Å². The van der Waals surface area contributed by atoms with E-state index in [-0.39, 0.29) is 17.2 Å². The summed E-state index contributed by atoms with van der Waals surface area (Å²) in [6, 6.07) is 0. The quantitative estimate of drug-likeness (QED) is 0.790. The third-order valence-corrected chi connectivity index (χ3v) is 5.70. The first-order valence-corrected chi connectivity index (χ1v) is 9.78. The van der Waals surface area contributed by atoms with E-state index in [2.05, 4.69) is 41.2 Å². The van der Waals surface area contributed by atoms with Crippen LogP contribution >= 0.6 is 23.1 Å². The van der Waals surface area contributed by atoms with E-state index in [1.165, 1.54) is 23.1 Å². The fourth-order valence-corrected chi connectivity index (χ4v) is 4.07. The topological polar surface area (TPSA) is 78.4 Å². The van der Waals surface area contributed by atoms with Crippen molar-refractivity contribution in [2.24, 2.45) is 5.41 Å². The molecule has 1 fully saturated rings. The molecule has 1 aliphatic heterocycles. The van der Waals surface area contributed by atoms with Gasteiger partial charge in [0.15, 0.2) is 4.34 Å². The van der Waals surface area contributed by atoms with Gasteiger partial charge in [0.2, 0.25) is 16.9 Å². The average Bonchev–Trinajstić information content (AvgIpc) is 3.00. The van der Waals surface area contributed by atoms with Gasteiger partial charge in [-0.2, -0.15) is 0 Å². The maximum atomic E-state index is 12.3. The van der Waals surface area contributed by atoms with Crippen molar-refractivity contribution in [1.29, 1.82) is 0 Å². The molecule has 0 radical (unpaired) electrons. The molecule has 0 bridgehead atoms. The van der Waals surface area contributed by atoms with Crippen LogP contribution in [0.15, 0.2) is 4.34 Å². The molecule has 0 unspecified atom stereocenters. The summed E-state index contributed by atoms with van der Waals surface area (Å²) >= 11 is 2.89. The molecule has 2 amide bonds. The van der Waals surface area contributed by atoms with E-state index in [4.69, 9.17) is 0 Å². The Morgan fingerprint density at radius 2 is 1.88 bits per heavy atom. The Hall–Kier alpha value is -1.35. The largest absolute Gasteiger partial charge is 0.358 e. The highest BCUT2D eigenvalue weighted by Crippen LogP contribution is 2.28. The van der Waals surface area contributed by atoms with Gasteiger partial charge in [0, 0.05) is 39.6 Å². The molecule has 7 nitrogen and oxygen atoms in total. The third-order valence-electron chi connectivity index (χ3n) is 3.59. The molecule has 1 aromatic heterocycles. The van der Waals surface area contributed by atoms with E-state index >= 15 is 0 Å². The molecule has 1 aliphatic rings. The second-order valence-electron chi connectivity index (χ2n) is 6.92. The highest BCUT2D eigenvalue weighted by molar-refractivity contribution is 8.01. The number of carbonyl (C=O) groups excluding carboxylic acids is 2. The smallest absolute Gasteiger partial charge is 0.230 e. The summed E-state index contributed by atoms with van der Waals surface area (Å²) < 4.78 is 0.792. The molecule has 0 saturated carbocycles. The molecule has 0 aliphatic carbocycles. The Morgan fingerprint density at radius 3 is 2.46 bits per heavy atom. The van der Waals surface area contributed by atoms with E-state index in [9.17, 15) is 9.59 Å². The van der Waals surface area contributed by atoms with Crippen LogP contribution in [0.3, 0.4) is 0 Å². The number of aromatic nitrogens is 2. The lowest BCUT2D eigenvalue weighted by Gasteiger charge is -2.35. The molecular formula is C15H25N5O2S2. The SMILES string of the molecule is CNC(=O)CSc1nnc(N2CCN(C(=O)CC(C)(C)C)CC2)s1. The van der Waals surface area contributed by atoms with Crippen molar-refractivity contribution in [2.75, 3.05) is 43.9 Å². The van der Waals surface area contributed by atoms with Crippen LogP contribution in [0.4, 0.5) is 5.13 Å². The Kier molecular flexibility index (Phi) is 6.45. The van der Waals surface area contributed by atoms with Crippen molar-refractivity contribution >= 4 is 40.0 Å². The fraction of sp³-hybridized carbons (Fsp3) is 0.733. The fourth-order valence-electron chi connectivity index (χ4n) is 2.30. The van der Waals surface area contributed by atoms with Gasteiger partial charge >= 0.3 is 0 Å². The molecule has 1 N–H and O–H groups in total. The predicted octanol–water partition coefficient (Wildman–Crippen LogP) is 1.46. The molecule has 134 valence electrons. The zero-order valence-corrected chi connectivity index (χ0v) is 16.3. The van der Waals surface area contributed by atoms with Crippen molar-refractivity contribution < 1.29 is 9.59 Å². The summed E-state index contributed by atoms with van der Waals surface area (Å²) in [6.07, 6.45) is 0.575. The van der Waals surface area contributed by atoms with Crippen LogP contribution in [0.2, 0.25) is 0 Å². The number of thioether (sulfide) groups is 1. The maximum absolute atomic E-state index is 12.3. The van der Waals surface area contributed by atoms with Gasteiger partial charge in [-0.25, -0.2) is 0 Å². The monoisotopic (exact) mass is 371 g/mol. The van der Waals surface area contributed by atoms with Gasteiger partial charge in [-0.05, 0) is 5.41 Å². The number of nitrogens with zero attached hydrogens (tertiary/aromatic N) is 4. The number of hydrogen-bond acceptors (Lipinski definition) is 7. The Bertz CT molecular complexity index is 577. The van der Waals surface area contributed by atoms with E-state index in [1.807, 2.05) is 4.90 Å². The summed E-state index contributed by atoms with van der Waals surface area (Å²) in [7, 11) is 1.62. The highest BCUT2D eigenvalue weighted by atomic mass is 32.2. The number of anilines is 1. The normalized spacial score (nSPS) is 15.5. The van der Waals surface area contributed by atoms with E-state index in [0.717, 1.165) is 35.7 Å². The van der Waals surface area contributed by atoms with Gasteiger partial charge in [0.25, 0.3) is 0 Å². The Morgan fingerprint density at radius 1 is 1.21 bits per heavy atom. The van der Waals surface area contributed by atoms with E-state index in [0.29, 0.717) is 12.2 Å². The predicted molar refractivity (Wildman–Crippen MR) is 97.6 cm³/mol. The minimum Gasteiger partial charge on any atom is -0.358 e. The van der Waals surface area contributed by atoms with Gasteiger partial charge in [0.05, 0.1) is 5.75 Å². The Balaban J connectivity index is 1.83. The van der Waals surface area contributed by atoms with Crippen molar-refractivity contribution in [1.82, 2.24) is 20.4 Å². The molecule has 0 atom stereocenters. The van der Waals surface area contributed by atoms with Crippen molar-refractivity contribution in [3.63, 3.8) is 0 Å². The molecule has 1 saturated heterocycles. The van der Waals surface area contributed by atoms with Crippen LogP contribution in [-0.4, -0.2) is 65.9 Å². The maximum Gasteiger partial charge on any atom is 0.230 e. The molecule has 2 rings (SSSR count). The summed E-state index contributed by atoms with van der Waals surface area (Å²) in [4.78, 5) is 27.6. The molecular weight excluding hydrogens is 346 g/mol. The first-order valence-electron chi connectivity index (χ1n) is 7.98. The van der Waals surface area contributed by atoms with Crippen LogP contribution in [0.25, 0.3) is 0 Å². The lowest BCUT2D eigenvalue weighted by atomic mass is 9.91.